The second kappa shape index (κ2) is 4.31. The summed E-state index contributed by atoms with van der Waals surface area (Å²) in [6.45, 7) is 1.91. The maximum absolute atomic E-state index is 11.0. The smallest absolute Gasteiger partial charge is 0.166 e. The number of nitrogens with two attached hydrogens (primary N) is 1. The van der Waals surface area contributed by atoms with Gasteiger partial charge in [-0.15, -0.1) is 0 Å². The molecule has 0 bridgehead atoms. The fourth-order valence-corrected chi connectivity index (χ4v) is 1.61. The molecule has 0 spiro atoms. The van der Waals surface area contributed by atoms with Crippen LogP contribution in [0.25, 0.3) is 0 Å². The van der Waals surface area contributed by atoms with Gasteiger partial charge in [0.25, 0.3) is 0 Å². The van der Waals surface area contributed by atoms with Crippen LogP contribution in [-0.2, 0) is 9.84 Å². The van der Waals surface area contributed by atoms with E-state index in [1.165, 1.54) is 0 Å². The van der Waals surface area contributed by atoms with Gasteiger partial charge in [0.05, 0.1) is 11.3 Å². The van der Waals surface area contributed by atoms with Crippen molar-refractivity contribution in [2.75, 3.05) is 12.3 Å². The van der Waals surface area contributed by atoms with Crippen LogP contribution in [0.1, 0.15) is 13.3 Å². The number of rotatable bonds is 4. The summed E-state index contributed by atoms with van der Waals surface area (Å²) >= 11 is 0. The summed E-state index contributed by atoms with van der Waals surface area (Å²) in [7, 11) is -3.21. The molecular formula is C6H12N2O2S. The molecular weight excluding hydrogens is 164 g/mol. The highest BCUT2D eigenvalue weighted by atomic mass is 32.2. The van der Waals surface area contributed by atoms with Gasteiger partial charge in [-0.05, 0) is 19.9 Å². The zero-order valence-corrected chi connectivity index (χ0v) is 7.26. The first-order valence-corrected chi connectivity index (χ1v) is 5.04. The molecule has 2 N–H and O–H groups in total. The third-order valence-corrected chi connectivity index (χ3v) is 3.45. The summed E-state index contributed by atoms with van der Waals surface area (Å²) in [6.07, 6.45) is 0.421. The molecule has 0 saturated carbocycles. The normalized spacial score (nSPS) is 13.9. The van der Waals surface area contributed by atoms with Gasteiger partial charge in [0.2, 0.25) is 0 Å². The van der Waals surface area contributed by atoms with Crippen molar-refractivity contribution in [2.45, 2.75) is 18.6 Å². The van der Waals surface area contributed by atoms with Crippen molar-refractivity contribution in [1.29, 1.82) is 5.26 Å². The first-order valence-electron chi connectivity index (χ1n) is 3.33. The molecule has 0 fully saturated rings. The summed E-state index contributed by atoms with van der Waals surface area (Å²) < 4.78 is 22.1. The second-order valence-corrected chi connectivity index (χ2v) is 4.77. The minimum absolute atomic E-state index is 0.339. The van der Waals surface area contributed by atoms with E-state index in [1.807, 2.05) is 0 Å². The minimum atomic E-state index is -3.21. The van der Waals surface area contributed by atoms with Crippen molar-refractivity contribution in [2.24, 2.45) is 5.73 Å². The average molecular weight is 176 g/mol. The first-order chi connectivity index (χ1) is 5.04. The van der Waals surface area contributed by atoms with E-state index < -0.39 is 20.8 Å². The van der Waals surface area contributed by atoms with Crippen LogP contribution in [0.3, 0.4) is 0 Å². The van der Waals surface area contributed by atoms with Crippen LogP contribution in [-0.4, -0.2) is 26.0 Å². The van der Waals surface area contributed by atoms with Crippen molar-refractivity contribution >= 4 is 9.84 Å². The summed E-state index contributed by atoms with van der Waals surface area (Å²) in [4.78, 5) is 0. The monoisotopic (exact) mass is 176 g/mol. The number of nitrogens with zero attached hydrogens (tertiary/aromatic N) is 1. The summed E-state index contributed by atoms with van der Waals surface area (Å²) in [6, 6.07) is 1.62. The molecule has 0 aliphatic heterocycles. The van der Waals surface area contributed by atoms with Crippen LogP contribution in [0.4, 0.5) is 0 Å². The van der Waals surface area contributed by atoms with Crippen LogP contribution in [0.2, 0.25) is 0 Å². The van der Waals surface area contributed by atoms with Crippen LogP contribution in [0.15, 0.2) is 0 Å². The standard InChI is InChI=1S/C6H12N2O2S/c1-6(2-3-7)11(9,10)5-4-8/h6H,2-3,5,7H2,1H3. The predicted octanol–water partition coefficient (Wildman–Crippen LogP) is -0.338. The fraction of sp³-hybridized carbons (Fsp3) is 0.833. The Morgan fingerprint density at radius 3 is 2.55 bits per heavy atom. The second-order valence-electron chi connectivity index (χ2n) is 2.35. The molecule has 11 heavy (non-hydrogen) atoms. The van der Waals surface area contributed by atoms with E-state index >= 15 is 0 Å². The molecule has 0 aliphatic carbocycles. The van der Waals surface area contributed by atoms with Gasteiger partial charge in [0, 0.05) is 0 Å². The molecule has 0 radical (unpaired) electrons. The molecule has 0 rings (SSSR count). The lowest BCUT2D eigenvalue weighted by Gasteiger charge is -2.07. The summed E-state index contributed by atoms with van der Waals surface area (Å²) in [5, 5.41) is 7.67. The van der Waals surface area contributed by atoms with Crippen molar-refractivity contribution in [1.82, 2.24) is 0 Å². The van der Waals surface area contributed by atoms with E-state index in [2.05, 4.69) is 0 Å². The lowest BCUT2D eigenvalue weighted by atomic mass is 10.3. The number of sulfone groups is 1. The Bertz CT molecular complexity index is 240. The lowest BCUT2D eigenvalue weighted by Crippen LogP contribution is -2.23. The van der Waals surface area contributed by atoms with E-state index in [9.17, 15) is 8.42 Å². The molecule has 0 aromatic heterocycles. The molecule has 0 saturated heterocycles. The Kier molecular flexibility index (Phi) is 4.08. The largest absolute Gasteiger partial charge is 0.330 e. The highest BCUT2D eigenvalue weighted by Crippen LogP contribution is 2.04. The van der Waals surface area contributed by atoms with Gasteiger partial charge in [-0.3, -0.25) is 0 Å². The highest BCUT2D eigenvalue weighted by Gasteiger charge is 2.18. The number of hydrogen-bond donors (Lipinski definition) is 1. The van der Waals surface area contributed by atoms with Crippen LogP contribution < -0.4 is 5.73 Å². The number of nitriles is 1. The third-order valence-electron chi connectivity index (χ3n) is 1.45. The van der Waals surface area contributed by atoms with Crippen LogP contribution in [0, 0.1) is 11.3 Å². The molecule has 0 aromatic carbocycles. The summed E-state index contributed by atoms with van der Waals surface area (Å²) in [5.41, 5.74) is 5.17. The molecule has 0 amide bonds. The van der Waals surface area contributed by atoms with Gasteiger partial charge >= 0.3 is 0 Å². The maximum Gasteiger partial charge on any atom is 0.166 e. The van der Waals surface area contributed by atoms with E-state index in [-0.39, 0.29) is 0 Å². The average Bonchev–Trinajstić information content (AvgIpc) is 1.88. The van der Waals surface area contributed by atoms with E-state index in [1.54, 1.807) is 13.0 Å². The van der Waals surface area contributed by atoms with Crippen molar-refractivity contribution < 1.29 is 8.42 Å². The molecule has 4 nitrogen and oxygen atoms in total. The number of hydrogen-bond acceptors (Lipinski definition) is 4. The topological polar surface area (TPSA) is 84.0 Å². The lowest BCUT2D eigenvalue weighted by molar-refractivity contribution is 0.581. The van der Waals surface area contributed by atoms with E-state index in [0.29, 0.717) is 13.0 Å². The Hall–Kier alpha value is -0.600. The molecule has 0 aliphatic rings. The molecule has 64 valence electrons. The quantitative estimate of drug-likeness (QED) is 0.635. The molecule has 0 heterocycles. The van der Waals surface area contributed by atoms with Gasteiger partial charge in [-0.2, -0.15) is 5.26 Å². The zero-order chi connectivity index (χ0) is 8.91. The summed E-state index contributed by atoms with van der Waals surface area (Å²) in [5.74, 6) is -0.409. The van der Waals surface area contributed by atoms with E-state index in [0.717, 1.165) is 0 Å². The Labute approximate surface area is 66.9 Å². The molecule has 5 heteroatoms. The first kappa shape index (κ1) is 10.4. The molecule has 0 aromatic rings. The van der Waals surface area contributed by atoms with Gasteiger partial charge in [-0.1, -0.05) is 0 Å². The van der Waals surface area contributed by atoms with Crippen LogP contribution >= 0.6 is 0 Å². The minimum Gasteiger partial charge on any atom is -0.330 e. The van der Waals surface area contributed by atoms with Gasteiger partial charge in [-0.25, -0.2) is 8.42 Å². The fourth-order valence-electron chi connectivity index (χ4n) is 0.646. The Balaban J connectivity index is 4.21. The predicted molar refractivity (Wildman–Crippen MR) is 42.5 cm³/mol. The third kappa shape index (κ3) is 3.35. The molecule has 1 atom stereocenters. The Morgan fingerprint density at radius 2 is 2.18 bits per heavy atom. The van der Waals surface area contributed by atoms with Crippen LogP contribution in [0.5, 0.6) is 0 Å². The van der Waals surface area contributed by atoms with Gasteiger partial charge < -0.3 is 5.73 Å². The highest BCUT2D eigenvalue weighted by molar-refractivity contribution is 7.92. The van der Waals surface area contributed by atoms with Gasteiger partial charge in [0.15, 0.2) is 9.84 Å². The van der Waals surface area contributed by atoms with Crippen molar-refractivity contribution in [3.8, 4) is 6.07 Å². The van der Waals surface area contributed by atoms with Gasteiger partial charge in [0.1, 0.15) is 5.75 Å². The molecule has 1 unspecified atom stereocenters. The van der Waals surface area contributed by atoms with Crippen molar-refractivity contribution in [3.05, 3.63) is 0 Å². The zero-order valence-electron chi connectivity index (χ0n) is 6.45. The van der Waals surface area contributed by atoms with E-state index in [4.69, 9.17) is 11.0 Å². The SMILES string of the molecule is CC(CCN)S(=O)(=O)CC#N. The van der Waals surface area contributed by atoms with Crippen molar-refractivity contribution in [3.63, 3.8) is 0 Å². The maximum atomic E-state index is 11.0. The Morgan fingerprint density at radius 1 is 1.64 bits per heavy atom.